The van der Waals surface area contributed by atoms with E-state index in [0.717, 1.165) is 18.2 Å². The summed E-state index contributed by atoms with van der Waals surface area (Å²) in [6.45, 7) is 0. The number of alkyl halides is 3. The number of hydrogen-bond acceptors (Lipinski definition) is 4. The molecule has 20 heavy (non-hydrogen) atoms. The van der Waals surface area contributed by atoms with E-state index >= 15 is 0 Å². The molecule has 1 N–H and O–H groups in total. The average Bonchev–Trinajstić information content (AvgIpc) is 2.40. The molecule has 0 saturated carbocycles. The molecule has 0 amide bonds. The summed E-state index contributed by atoms with van der Waals surface area (Å²) in [5.41, 5.74) is -0.747. The van der Waals surface area contributed by atoms with E-state index in [-0.39, 0.29) is 22.4 Å². The minimum absolute atomic E-state index is 0.00901. The second kappa shape index (κ2) is 5.35. The Hall–Kier alpha value is -2.33. The van der Waals surface area contributed by atoms with Gasteiger partial charge in [-0.3, -0.25) is 0 Å². The third-order valence-electron chi connectivity index (χ3n) is 2.31. The van der Waals surface area contributed by atoms with Gasteiger partial charge >= 0.3 is 6.18 Å². The second-order valence-corrected chi connectivity index (χ2v) is 4.10. The van der Waals surface area contributed by atoms with Crippen molar-refractivity contribution >= 4 is 23.2 Å². The van der Waals surface area contributed by atoms with Gasteiger partial charge in [0.25, 0.3) is 0 Å². The summed E-state index contributed by atoms with van der Waals surface area (Å²) >= 11 is 5.82. The quantitative estimate of drug-likeness (QED) is 0.917. The number of nitrogens with one attached hydrogen (secondary N) is 1. The Morgan fingerprint density at radius 2 is 2.00 bits per heavy atom. The van der Waals surface area contributed by atoms with Crippen LogP contribution in [0.25, 0.3) is 0 Å². The molecule has 0 bridgehead atoms. The van der Waals surface area contributed by atoms with Gasteiger partial charge in [-0.2, -0.15) is 18.4 Å². The molecule has 102 valence electrons. The highest BCUT2D eigenvalue weighted by Gasteiger charge is 2.31. The fourth-order valence-electron chi connectivity index (χ4n) is 1.40. The van der Waals surface area contributed by atoms with Crippen LogP contribution < -0.4 is 5.32 Å². The van der Waals surface area contributed by atoms with Crippen LogP contribution in [0.5, 0.6) is 0 Å². The minimum Gasteiger partial charge on any atom is -0.323 e. The van der Waals surface area contributed by atoms with Crippen molar-refractivity contribution in [1.82, 2.24) is 9.97 Å². The fourth-order valence-corrected chi connectivity index (χ4v) is 1.56. The topological polar surface area (TPSA) is 61.6 Å². The van der Waals surface area contributed by atoms with Gasteiger partial charge in [0.05, 0.1) is 16.3 Å². The van der Waals surface area contributed by atoms with Gasteiger partial charge in [0.2, 0.25) is 5.95 Å². The van der Waals surface area contributed by atoms with Gasteiger partial charge in [0.1, 0.15) is 11.8 Å². The smallest absolute Gasteiger partial charge is 0.323 e. The third kappa shape index (κ3) is 3.16. The van der Waals surface area contributed by atoms with Crippen molar-refractivity contribution < 1.29 is 13.2 Å². The lowest BCUT2D eigenvalue weighted by molar-refractivity contribution is -0.137. The summed E-state index contributed by atoms with van der Waals surface area (Å²) < 4.78 is 37.8. The van der Waals surface area contributed by atoms with Crippen molar-refractivity contribution in [2.45, 2.75) is 6.18 Å². The van der Waals surface area contributed by atoms with E-state index in [1.165, 1.54) is 12.3 Å². The molecule has 2 rings (SSSR count). The lowest BCUT2D eigenvalue weighted by Gasteiger charge is -2.11. The Morgan fingerprint density at radius 1 is 1.25 bits per heavy atom. The highest BCUT2D eigenvalue weighted by atomic mass is 35.5. The molecule has 0 spiro atoms. The van der Waals surface area contributed by atoms with E-state index in [2.05, 4.69) is 15.3 Å². The number of nitriles is 1. The number of aromatic nitrogens is 2. The lowest BCUT2D eigenvalue weighted by Crippen LogP contribution is -2.06. The van der Waals surface area contributed by atoms with E-state index < -0.39 is 11.7 Å². The molecule has 4 nitrogen and oxygen atoms in total. The first-order valence-corrected chi connectivity index (χ1v) is 5.65. The lowest BCUT2D eigenvalue weighted by atomic mass is 10.2. The maximum absolute atomic E-state index is 12.6. The molecule has 8 heteroatoms. The molecule has 0 unspecified atom stereocenters. The van der Waals surface area contributed by atoms with Crippen LogP contribution in [0.2, 0.25) is 5.02 Å². The Kier molecular flexibility index (Phi) is 3.77. The maximum atomic E-state index is 12.6. The predicted octanol–water partition coefficient (Wildman–Crippen LogP) is 3.76. The van der Waals surface area contributed by atoms with Gasteiger partial charge in [-0.25, -0.2) is 9.97 Å². The monoisotopic (exact) mass is 298 g/mol. The number of rotatable bonds is 2. The SMILES string of the molecule is N#Cc1ccnc(Nc2cc(C(F)(F)F)ccc2Cl)n1. The molecular formula is C12H6ClF3N4. The predicted molar refractivity (Wildman–Crippen MR) is 66.5 cm³/mol. The van der Waals surface area contributed by atoms with Crippen molar-refractivity contribution in [3.8, 4) is 6.07 Å². The van der Waals surface area contributed by atoms with Crippen LogP contribution in [0.1, 0.15) is 11.3 Å². The fraction of sp³-hybridized carbons (Fsp3) is 0.0833. The molecule has 0 aliphatic heterocycles. The number of hydrogen-bond donors (Lipinski definition) is 1. The Balaban J connectivity index is 2.35. The van der Waals surface area contributed by atoms with Crippen LogP contribution in [0, 0.1) is 11.3 Å². The molecule has 1 aromatic carbocycles. The van der Waals surface area contributed by atoms with Crippen LogP contribution >= 0.6 is 11.6 Å². The standard InChI is InChI=1S/C12H6ClF3N4/c13-9-2-1-7(12(14,15)16)5-10(9)20-11-18-4-3-8(6-17)19-11/h1-5H,(H,18,19,20). The molecule has 2 aromatic rings. The molecular weight excluding hydrogens is 293 g/mol. The van der Waals surface area contributed by atoms with E-state index in [1.807, 2.05) is 0 Å². The summed E-state index contributed by atoms with van der Waals surface area (Å²) in [4.78, 5) is 7.60. The van der Waals surface area contributed by atoms with Crippen LogP contribution in [0.4, 0.5) is 24.8 Å². The summed E-state index contributed by atoms with van der Waals surface area (Å²) in [7, 11) is 0. The first-order chi connectivity index (χ1) is 9.40. The average molecular weight is 299 g/mol. The number of benzene rings is 1. The van der Waals surface area contributed by atoms with Gasteiger partial charge in [0.15, 0.2) is 0 Å². The largest absolute Gasteiger partial charge is 0.416 e. The van der Waals surface area contributed by atoms with Gasteiger partial charge in [-0.05, 0) is 24.3 Å². The summed E-state index contributed by atoms with van der Waals surface area (Å²) in [6.07, 6.45) is -3.16. The van der Waals surface area contributed by atoms with Gasteiger partial charge in [-0.15, -0.1) is 0 Å². The summed E-state index contributed by atoms with van der Waals surface area (Å²) in [6, 6.07) is 6.03. The second-order valence-electron chi connectivity index (χ2n) is 3.69. The molecule has 0 atom stereocenters. The van der Waals surface area contributed by atoms with E-state index in [1.54, 1.807) is 6.07 Å². The van der Waals surface area contributed by atoms with Gasteiger partial charge in [-0.1, -0.05) is 11.6 Å². The van der Waals surface area contributed by atoms with Crippen molar-refractivity contribution in [3.63, 3.8) is 0 Å². The number of nitrogens with zero attached hydrogens (tertiary/aromatic N) is 3. The zero-order chi connectivity index (χ0) is 14.8. The molecule has 1 heterocycles. The van der Waals surface area contributed by atoms with Crippen molar-refractivity contribution in [2.24, 2.45) is 0 Å². The highest BCUT2D eigenvalue weighted by molar-refractivity contribution is 6.33. The molecule has 0 radical (unpaired) electrons. The van der Waals surface area contributed by atoms with Crippen LogP contribution in [-0.2, 0) is 6.18 Å². The van der Waals surface area contributed by atoms with Crippen LogP contribution in [-0.4, -0.2) is 9.97 Å². The molecule has 0 aliphatic carbocycles. The number of anilines is 2. The molecule has 0 aliphatic rings. The Morgan fingerprint density at radius 3 is 2.65 bits per heavy atom. The summed E-state index contributed by atoms with van der Waals surface area (Å²) in [5.74, 6) is -0.00901. The molecule has 0 saturated heterocycles. The Labute approximate surface area is 116 Å². The molecule has 0 fully saturated rings. The zero-order valence-corrected chi connectivity index (χ0v) is 10.5. The summed E-state index contributed by atoms with van der Waals surface area (Å²) in [5, 5.41) is 11.3. The van der Waals surface area contributed by atoms with Gasteiger partial charge in [0, 0.05) is 6.20 Å². The molecule has 1 aromatic heterocycles. The zero-order valence-electron chi connectivity index (χ0n) is 9.74. The van der Waals surface area contributed by atoms with Crippen LogP contribution in [0.3, 0.4) is 0 Å². The highest BCUT2D eigenvalue weighted by Crippen LogP contribution is 2.34. The van der Waals surface area contributed by atoms with E-state index in [4.69, 9.17) is 16.9 Å². The van der Waals surface area contributed by atoms with Crippen molar-refractivity contribution in [2.75, 3.05) is 5.32 Å². The van der Waals surface area contributed by atoms with E-state index in [0.29, 0.717) is 0 Å². The first-order valence-electron chi connectivity index (χ1n) is 5.27. The van der Waals surface area contributed by atoms with Gasteiger partial charge < -0.3 is 5.32 Å². The van der Waals surface area contributed by atoms with Crippen LogP contribution in [0.15, 0.2) is 30.5 Å². The Bertz CT molecular complexity index is 679. The van der Waals surface area contributed by atoms with E-state index in [9.17, 15) is 13.2 Å². The maximum Gasteiger partial charge on any atom is 0.416 e. The third-order valence-corrected chi connectivity index (χ3v) is 2.64. The van der Waals surface area contributed by atoms with Crippen molar-refractivity contribution in [3.05, 3.63) is 46.7 Å². The number of halogens is 4. The minimum atomic E-state index is -4.48. The van der Waals surface area contributed by atoms with Crippen molar-refractivity contribution in [1.29, 1.82) is 5.26 Å². The first kappa shape index (κ1) is 14.1. The normalized spacial score (nSPS) is 10.9.